The lowest BCUT2D eigenvalue weighted by Crippen LogP contribution is -2.48. The minimum atomic E-state index is -1.83. The largest absolute Gasteiger partial charge is 0.412 e. The molecule has 1 rings (SSSR count). The van der Waals surface area contributed by atoms with E-state index in [9.17, 15) is 0 Å². The summed E-state index contributed by atoms with van der Waals surface area (Å²) in [5, 5.41) is 0. The van der Waals surface area contributed by atoms with Gasteiger partial charge in [-0.25, -0.2) is 0 Å². The van der Waals surface area contributed by atoms with E-state index in [1.807, 2.05) is 0 Å². The highest BCUT2D eigenvalue weighted by Crippen LogP contribution is 2.42. The van der Waals surface area contributed by atoms with Crippen molar-refractivity contribution in [1.82, 2.24) is 0 Å². The highest BCUT2D eigenvalue weighted by Gasteiger charge is 2.45. The zero-order valence-corrected chi connectivity index (χ0v) is 17.6. The highest BCUT2D eigenvalue weighted by molar-refractivity contribution is 6.77. The number of halogens is 1. The van der Waals surface area contributed by atoms with E-state index in [1.54, 1.807) is 0 Å². The Kier molecular flexibility index (Phi) is 8.57. The van der Waals surface area contributed by atoms with E-state index in [0.29, 0.717) is 35.7 Å². The summed E-state index contributed by atoms with van der Waals surface area (Å²) in [5.74, 6) is 0.568. The van der Waals surface area contributed by atoms with Crippen LogP contribution in [0.1, 0.15) is 54.4 Å². The molecule has 0 saturated carbocycles. The fraction of sp³-hybridized carbons (Fsp3) is 0.789. The van der Waals surface area contributed by atoms with E-state index in [2.05, 4.69) is 54.2 Å². The van der Waals surface area contributed by atoms with Gasteiger partial charge in [-0.2, -0.15) is 0 Å². The van der Waals surface area contributed by atoms with Gasteiger partial charge in [0.15, 0.2) is 0 Å². The van der Waals surface area contributed by atoms with E-state index in [0.717, 1.165) is 18.4 Å². The Morgan fingerprint density at radius 2 is 1.83 bits per heavy atom. The molecule has 0 aromatic carbocycles. The summed E-state index contributed by atoms with van der Waals surface area (Å²) in [6.45, 7) is 19.5. The zero-order chi connectivity index (χ0) is 17.6. The topological polar surface area (TPSA) is 18.5 Å². The lowest BCUT2D eigenvalue weighted by atomic mass is 10.00. The Balaban J connectivity index is 2.65. The maximum atomic E-state index is 6.63. The van der Waals surface area contributed by atoms with Gasteiger partial charge < -0.3 is 9.16 Å². The van der Waals surface area contributed by atoms with Gasteiger partial charge in [0.1, 0.15) is 0 Å². The van der Waals surface area contributed by atoms with Crippen molar-refractivity contribution in [2.75, 3.05) is 19.1 Å². The number of alkyl halides is 1. The molecule has 1 aliphatic rings. The van der Waals surface area contributed by atoms with Crippen molar-refractivity contribution in [3.05, 3.63) is 23.8 Å². The second kappa shape index (κ2) is 9.41. The van der Waals surface area contributed by atoms with Gasteiger partial charge in [-0.3, -0.25) is 0 Å². The van der Waals surface area contributed by atoms with Crippen molar-refractivity contribution in [3.63, 3.8) is 0 Å². The molecule has 1 fully saturated rings. The summed E-state index contributed by atoms with van der Waals surface area (Å²) in [7, 11) is -1.83. The van der Waals surface area contributed by atoms with Gasteiger partial charge >= 0.3 is 0 Å². The van der Waals surface area contributed by atoms with Crippen LogP contribution in [-0.4, -0.2) is 33.5 Å². The second-order valence-corrected chi connectivity index (χ2v) is 13.4. The normalized spacial score (nSPS) is 21.7. The molecule has 1 atom stereocenters. The molecule has 0 amide bonds. The molecule has 134 valence electrons. The predicted octanol–water partition coefficient (Wildman–Crippen LogP) is 6.08. The number of ether oxygens (including phenoxy) is 1. The molecule has 1 aliphatic heterocycles. The SMILES string of the molecule is C=C(CO[Si](C(C)C)(C(C)C)C(C)C)C1CC/C(=C\CCl)CO1. The lowest BCUT2D eigenvalue weighted by Gasteiger charge is -2.42. The number of hydrogen-bond donors (Lipinski definition) is 0. The molecule has 0 aromatic heterocycles. The van der Waals surface area contributed by atoms with E-state index >= 15 is 0 Å². The van der Waals surface area contributed by atoms with Crippen LogP contribution in [0.15, 0.2) is 23.8 Å². The first-order valence-corrected chi connectivity index (χ1v) is 11.6. The summed E-state index contributed by atoms with van der Waals surface area (Å²) in [6.07, 6.45) is 4.23. The van der Waals surface area contributed by atoms with Crippen LogP contribution < -0.4 is 0 Å². The number of hydrogen-bond acceptors (Lipinski definition) is 2. The summed E-state index contributed by atoms with van der Waals surface area (Å²) in [4.78, 5) is 0. The molecule has 0 N–H and O–H groups in total. The molecule has 0 aliphatic carbocycles. The maximum Gasteiger partial charge on any atom is 0.200 e. The third-order valence-electron chi connectivity index (χ3n) is 5.23. The Hall–Kier alpha value is -0.0931. The molecule has 4 heteroatoms. The van der Waals surface area contributed by atoms with Crippen LogP contribution in [0.4, 0.5) is 0 Å². The molecule has 1 unspecified atom stereocenters. The molecule has 1 heterocycles. The molecular formula is C19H35ClO2Si. The zero-order valence-electron chi connectivity index (χ0n) is 15.8. The minimum Gasteiger partial charge on any atom is -0.412 e. The average Bonchev–Trinajstić information content (AvgIpc) is 2.47. The molecule has 1 saturated heterocycles. The van der Waals surface area contributed by atoms with Gasteiger partial charge in [-0.1, -0.05) is 54.2 Å². The third kappa shape index (κ3) is 5.19. The third-order valence-corrected chi connectivity index (χ3v) is 11.4. The molecular weight excluding hydrogens is 324 g/mol. The van der Waals surface area contributed by atoms with Gasteiger partial charge in [-0.05, 0) is 40.6 Å². The smallest absolute Gasteiger partial charge is 0.200 e. The maximum absolute atomic E-state index is 6.63. The first-order chi connectivity index (χ1) is 10.8. The summed E-state index contributed by atoms with van der Waals surface area (Å²) >= 11 is 5.76. The van der Waals surface area contributed by atoms with Crippen LogP contribution in [0, 0.1) is 0 Å². The first kappa shape index (κ1) is 21.0. The van der Waals surface area contributed by atoms with E-state index in [-0.39, 0.29) is 6.10 Å². The molecule has 2 nitrogen and oxygen atoms in total. The quantitative estimate of drug-likeness (QED) is 0.297. The molecule has 0 radical (unpaired) electrons. The fourth-order valence-electron chi connectivity index (χ4n) is 4.08. The predicted molar refractivity (Wildman–Crippen MR) is 104 cm³/mol. The molecule has 0 bridgehead atoms. The Bertz CT molecular complexity index is 384. The van der Waals surface area contributed by atoms with Crippen molar-refractivity contribution in [2.24, 2.45) is 0 Å². The van der Waals surface area contributed by atoms with Crippen molar-refractivity contribution in [1.29, 1.82) is 0 Å². The van der Waals surface area contributed by atoms with Crippen LogP contribution in [0.5, 0.6) is 0 Å². The van der Waals surface area contributed by atoms with Crippen LogP contribution >= 0.6 is 11.6 Å². The monoisotopic (exact) mass is 358 g/mol. The van der Waals surface area contributed by atoms with Gasteiger partial charge in [0, 0.05) is 5.88 Å². The number of rotatable bonds is 8. The Labute approximate surface area is 149 Å². The molecule has 0 spiro atoms. The van der Waals surface area contributed by atoms with Crippen molar-refractivity contribution >= 4 is 19.9 Å². The fourth-order valence-corrected chi connectivity index (χ4v) is 9.74. The molecule has 0 aromatic rings. The Morgan fingerprint density at radius 1 is 1.26 bits per heavy atom. The van der Waals surface area contributed by atoms with Crippen molar-refractivity contribution < 1.29 is 9.16 Å². The van der Waals surface area contributed by atoms with Gasteiger partial charge in [0.2, 0.25) is 8.32 Å². The summed E-state index contributed by atoms with van der Waals surface area (Å²) < 4.78 is 12.6. The van der Waals surface area contributed by atoms with Gasteiger partial charge in [0.05, 0.1) is 19.3 Å². The summed E-state index contributed by atoms with van der Waals surface area (Å²) in [5.41, 5.74) is 4.19. The molecule has 23 heavy (non-hydrogen) atoms. The van der Waals surface area contributed by atoms with Crippen LogP contribution in [0.3, 0.4) is 0 Å². The van der Waals surface area contributed by atoms with Crippen molar-refractivity contribution in [3.8, 4) is 0 Å². The van der Waals surface area contributed by atoms with E-state index < -0.39 is 8.32 Å². The second-order valence-electron chi connectivity index (χ2n) is 7.62. The van der Waals surface area contributed by atoms with E-state index in [4.69, 9.17) is 20.8 Å². The van der Waals surface area contributed by atoms with Gasteiger partial charge in [-0.15, -0.1) is 11.6 Å². The first-order valence-electron chi connectivity index (χ1n) is 8.92. The van der Waals surface area contributed by atoms with Gasteiger partial charge in [0.25, 0.3) is 0 Å². The van der Waals surface area contributed by atoms with Crippen LogP contribution in [-0.2, 0) is 9.16 Å². The Morgan fingerprint density at radius 3 is 2.22 bits per heavy atom. The van der Waals surface area contributed by atoms with Crippen LogP contribution in [0.25, 0.3) is 0 Å². The standard InChI is InChI=1S/C19H35ClO2Si/c1-14(2)23(15(3)4,16(5)6)22-12-17(7)19-9-8-18(10-11-20)13-21-19/h10,14-16,19H,7-9,11-13H2,1-6H3/b18-10+. The van der Waals surface area contributed by atoms with Crippen molar-refractivity contribution in [2.45, 2.75) is 77.1 Å². The lowest BCUT2D eigenvalue weighted by molar-refractivity contribution is 0.0604. The van der Waals surface area contributed by atoms with Crippen LogP contribution in [0.2, 0.25) is 16.6 Å². The minimum absolute atomic E-state index is 0.126. The van der Waals surface area contributed by atoms with E-state index in [1.165, 1.54) is 5.57 Å². The number of allylic oxidation sites excluding steroid dienone is 1. The summed E-state index contributed by atoms with van der Waals surface area (Å²) in [6, 6.07) is 0. The average molecular weight is 359 g/mol. The highest BCUT2D eigenvalue weighted by atomic mass is 35.5.